The van der Waals surface area contributed by atoms with E-state index < -0.39 is 97.5 Å². The molecule has 0 fully saturated rings. The van der Waals surface area contributed by atoms with Gasteiger partial charge in [0.05, 0.1) is 26.4 Å². The quantitative estimate of drug-likeness (QED) is 0.0222. The van der Waals surface area contributed by atoms with E-state index in [-0.39, 0.29) is 25.7 Å². The van der Waals surface area contributed by atoms with Crippen molar-refractivity contribution in [1.82, 2.24) is 0 Å². The van der Waals surface area contributed by atoms with Gasteiger partial charge in [-0.25, -0.2) is 9.13 Å². The smallest absolute Gasteiger partial charge is 0.462 e. The molecule has 0 aliphatic heterocycles. The van der Waals surface area contributed by atoms with Crippen LogP contribution in [0.5, 0.6) is 0 Å². The van der Waals surface area contributed by atoms with Gasteiger partial charge < -0.3 is 33.8 Å². The Morgan fingerprint density at radius 1 is 0.276 bits per heavy atom. The van der Waals surface area contributed by atoms with Gasteiger partial charge in [-0.15, -0.1) is 0 Å². The molecule has 6 atom stereocenters. The minimum Gasteiger partial charge on any atom is -0.462 e. The maximum atomic E-state index is 13.1. The predicted octanol–water partition coefficient (Wildman–Crippen LogP) is 26.1. The highest BCUT2D eigenvalue weighted by Gasteiger charge is 2.30. The van der Waals surface area contributed by atoms with E-state index in [4.69, 9.17) is 37.0 Å². The lowest BCUT2D eigenvalue weighted by Gasteiger charge is -2.21. The summed E-state index contributed by atoms with van der Waals surface area (Å²) in [5, 5.41) is 10.7. The molecule has 0 aliphatic rings. The molecule has 0 bridgehead atoms. The van der Waals surface area contributed by atoms with Crippen molar-refractivity contribution in [3.05, 3.63) is 0 Å². The lowest BCUT2D eigenvalue weighted by Crippen LogP contribution is -2.30. The van der Waals surface area contributed by atoms with Crippen LogP contribution in [0.1, 0.15) is 453 Å². The van der Waals surface area contributed by atoms with Crippen molar-refractivity contribution in [2.75, 3.05) is 39.6 Å². The summed E-state index contributed by atoms with van der Waals surface area (Å²) in [4.78, 5) is 73.1. The number of carbonyl (C=O) groups excluding carboxylic acids is 4. The van der Waals surface area contributed by atoms with E-state index in [0.717, 1.165) is 108 Å². The summed E-state index contributed by atoms with van der Waals surface area (Å²) in [6.45, 7) is 12.1. The van der Waals surface area contributed by atoms with Crippen LogP contribution in [0.15, 0.2) is 0 Å². The molecule has 0 amide bonds. The predicted molar refractivity (Wildman–Crippen MR) is 432 cm³/mol. The lowest BCUT2D eigenvalue weighted by molar-refractivity contribution is -0.161. The molecule has 105 heavy (non-hydrogen) atoms. The average molecular weight is 1540 g/mol. The largest absolute Gasteiger partial charge is 0.472 e. The zero-order valence-corrected chi connectivity index (χ0v) is 71.0. The third kappa shape index (κ3) is 78.5. The molecule has 0 spiro atoms. The first-order valence-corrected chi connectivity index (χ1v) is 47.4. The van der Waals surface area contributed by atoms with Crippen molar-refractivity contribution < 1.29 is 80.2 Å². The number of carbonyl (C=O) groups is 4. The fourth-order valence-electron chi connectivity index (χ4n) is 13.3. The topological polar surface area (TPSA) is 237 Å². The van der Waals surface area contributed by atoms with Crippen molar-refractivity contribution in [2.45, 2.75) is 471 Å². The monoisotopic (exact) mass is 1540 g/mol. The number of ether oxygens (including phenoxy) is 4. The van der Waals surface area contributed by atoms with E-state index in [1.165, 1.54) is 263 Å². The summed E-state index contributed by atoms with van der Waals surface area (Å²) >= 11 is 0. The Kier molecular flexibility index (Phi) is 74.7. The van der Waals surface area contributed by atoms with Gasteiger partial charge in [-0.05, 0) is 43.4 Å². The average Bonchev–Trinajstić information content (AvgIpc) is 0.923. The third-order valence-corrected chi connectivity index (χ3v) is 22.4. The molecule has 17 nitrogen and oxygen atoms in total. The number of aliphatic hydroxyl groups is 1. The van der Waals surface area contributed by atoms with Gasteiger partial charge in [0.2, 0.25) is 0 Å². The van der Waals surface area contributed by atoms with Gasteiger partial charge in [0, 0.05) is 25.7 Å². The number of hydrogen-bond acceptors (Lipinski definition) is 15. The molecule has 624 valence electrons. The van der Waals surface area contributed by atoms with Crippen molar-refractivity contribution in [1.29, 1.82) is 0 Å². The van der Waals surface area contributed by atoms with E-state index in [9.17, 15) is 43.2 Å². The highest BCUT2D eigenvalue weighted by atomic mass is 31.2. The number of phosphoric acid groups is 2. The maximum absolute atomic E-state index is 13.1. The summed E-state index contributed by atoms with van der Waals surface area (Å²) in [5.41, 5.74) is 0. The van der Waals surface area contributed by atoms with E-state index >= 15 is 0 Å². The minimum atomic E-state index is -4.97. The number of esters is 4. The van der Waals surface area contributed by atoms with Gasteiger partial charge in [-0.2, -0.15) is 0 Å². The Labute approximate surface area is 645 Å². The van der Waals surface area contributed by atoms with Crippen LogP contribution < -0.4 is 0 Å². The zero-order chi connectivity index (χ0) is 77.2. The molecule has 0 aromatic rings. The van der Waals surface area contributed by atoms with Crippen LogP contribution in [0.3, 0.4) is 0 Å². The second-order valence-electron chi connectivity index (χ2n) is 32.1. The van der Waals surface area contributed by atoms with Gasteiger partial charge in [-0.3, -0.25) is 37.3 Å². The van der Waals surface area contributed by atoms with Crippen molar-refractivity contribution in [3.8, 4) is 0 Å². The third-order valence-electron chi connectivity index (χ3n) is 20.5. The van der Waals surface area contributed by atoms with Gasteiger partial charge in [0.15, 0.2) is 12.2 Å². The van der Waals surface area contributed by atoms with Crippen LogP contribution in [0.2, 0.25) is 0 Å². The molecule has 0 aromatic carbocycles. The van der Waals surface area contributed by atoms with Gasteiger partial charge in [0.25, 0.3) is 0 Å². The Hall–Kier alpha value is -1.94. The van der Waals surface area contributed by atoms with Crippen LogP contribution in [-0.2, 0) is 65.4 Å². The van der Waals surface area contributed by atoms with E-state index in [0.29, 0.717) is 25.7 Å². The molecule has 0 radical (unpaired) electrons. The fraction of sp³-hybridized carbons (Fsp3) is 0.953. The molecule has 0 rings (SSSR count). The second-order valence-corrected chi connectivity index (χ2v) is 35.0. The number of phosphoric ester groups is 2. The van der Waals surface area contributed by atoms with Gasteiger partial charge in [-0.1, -0.05) is 402 Å². The summed E-state index contributed by atoms with van der Waals surface area (Å²) in [5.74, 6) is 0.340. The standard InChI is InChI=1S/C86H168O17P2/c1-8-10-11-12-13-36-46-53-60-67-83(88)96-73-81(103-86(91)70-63-56-49-42-35-34-39-45-52-59-66-79(7)9-2)75-100-104(92,93)98-71-80(87)72-99-105(94,95)101-76-82(102-85(90)69-62-55-48-41-33-29-25-21-17-15-19-23-27-31-38-44-51-58-65-78(5)6)74-97-84(89)68-61-54-47-40-32-28-24-20-16-14-18-22-26-30-37-43-50-57-64-77(3)4/h77-82,87H,8-76H2,1-7H3,(H,92,93)(H,94,95)/t79?,80-,81+,82+/m0/s1. The fourth-order valence-corrected chi connectivity index (χ4v) is 14.9. The Morgan fingerprint density at radius 2 is 0.486 bits per heavy atom. The highest BCUT2D eigenvalue weighted by Crippen LogP contribution is 2.45. The first-order valence-electron chi connectivity index (χ1n) is 44.4. The molecular formula is C86H168O17P2. The SMILES string of the molecule is CCCCCCCCCCCC(=O)OC[C@H](COP(=O)(O)OC[C@H](O)COP(=O)(O)OC[C@@H](COC(=O)CCCCCCCCCCCCCCCCCCCCC(C)C)OC(=O)CCCCCCCCCCCCCCCCCCCCC(C)C)OC(=O)CCCCCCCCCCCCC(C)CC. The number of rotatable bonds is 84. The van der Waals surface area contributed by atoms with Crippen LogP contribution in [0.25, 0.3) is 0 Å². The van der Waals surface area contributed by atoms with Crippen LogP contribution in [-0.4, -0.2) is 96.7 Å². The maximum Gasteiger partial charge on any atom is 0.472 e. The van der Waals surface area contributed by atoms with E-state index in [1.54, 1.807) is 0 Å². The van der Waals surface area contributed by atoms with E-state index in [2.05, 4.69) is 48.5 Å². The second kappa shape index (κ2) is 76.1. The first kappa shape index (κ1) is 103. The normalized spacial score (nSPS) is 14.1. The lowest BCUT2D eigenvalue weighted by atomic mass is 9.99. The number of aliphatic hydroxyl groups excluding tert-OH is 1. The molecule has 0 saturated carbocycles. The highest BCUT2D eigenvalue weighted by molar-refractivity contribution is 7.47. The van der Waals surface area contributed by atoms with Crippen molar-refractivity contribution in [2.24, 2.45) is 17.8 Å². The van der Waals surface area contributed by atoms with Gasteiger partial charge >= 0.3 is 39.5 Å². The summed E-state index contributed by atoms with van der Waals surface area (Å²) < 4.78 is 68.8. The van der Waals surface area contributed by atoms with Crippen LogP contribution in [0, 0.1) is 17.8 Å². The molecule has 0 saturated heterocycles. The Morgan fingerprint density at radius 3 is 0.724 bits per heavy atom. The van der Waals surface area contributed by atoms with E-state index in [1.807, 2.05) is 0 Å². The number of unbranched alkanes of at least 4 members (excludes halogenated alkanes) is 51. The molecule has 0 aromatic heterocycles. The van der Waals surface area contributed by atoms with Crippen LogP contribution >= 0.6 is 15.6 Å². The Bertz CT molecular complexity index is 2030. The summed E-state index contributed by atoms with van der Waals surface area (Å²) in [6.07, 6.45) is 66.7. The minimum absolute atomic E-state index is 0.106. The molecule has 0 aliphatic carbocycles. The Balaban J connectivity index is 5.20. The van der Waals surface area contributed by atoms with Crippen molar-refractivity contribution >= 4 is 39.5 Å². The van der Waals surface area contributed by atoms with Crippen LogP contribution in [0.4, 0.5) is 0 Å². The van der Waals surface area contributed by atoms with Crippen molar-refractivity contribution in [3.63, 3.8) is 0 Å². The van der Waals surface area contributed by atoms with Gasteiger partial charge in [0.1, 0.15) is 19.3 Å². The summed E-state index contributed by atoms with van der Waals surface area (Å²) in [6, 6.07) is 0. The summed E-state index contributed by atoms with van der Waals surface area (Å²) in [7, 11) is -9.92. The first-order chi connectivity index (χ1) is 50.8. The molecular weight excluding hydrogens is 1370 g/mol. The zero-order valence-electron chi connectivity index (χ0n) is 69.2. The molecule has 0 heterocycles. The molecule has 3 N–H and O–H groups in total. The number of hydrogen-bond donors (Lipinski definition) is 3. The molecule has 3 unspecified atom stereocenters. The molecule has 19 heteroatoms.